The lowest BCUT2D eigenvalue weighted by molar-refractivity contribution is -0.144. The first kappa shape index (κ1) is 31.1. The van der Waals surface area contributed by atoms with Crippen molar-refractivity contribution in [1.29, 1.82) is 0 Å². The summed E-state index contributed by atoms with van der Waals surface area (Å²) in [4.78, 5) is 25.6. The molecule has 2 N–H and O–H groups in total. The number of phenolic OH excluding ortho intramolecular Hbond substituents is 1. The molecule has 0 fully saturated rings. The average Bonchev–Trinajstić information content (AvgIpc) is 2.96. The molecular weight excluding hydrogens is 583 g/mol. The lowest BCUT2D eigenvalue weighted by Gasteiger charge is -2.18. The standard InChI is InChI=1S/C31H22F7NO4/c1-43-29(42)26(39-28(41)25-15-20(8-11-27(25)40)18-6-9-24(32)10-7-18)12-17-2-4-19(5-3-17)21-13-22(30(33,34)35)16-23(14-21)31(36,37)38/h2-11,13-16,26,40H,12H2,1H3,(H,39,41)/t26-/m0/s1. The molecule has 12 heteroatoms. The first-order chi connectivity index (χ1) is 20.2. The molecule has 0 heterocycles. The summed E-state index contributed by atoms with van der Waals surface area (Å²) >= 11 is 0. The average molecular weight is 606 g/mol. The molecule has 1 amide bonds. The summed E-state index contributed by atoms with van der Waals surface area (Å²) < 4.78 is 97.7. The third-order valence-electron chi connectivity index (χ3n) is 6.52. The summed E-state index contributed by atoms with van der Waals surface area (Å²) in [5.41, 5.74) is -1.92. The summed E-state index contributed by atoms with van der Waals surface area (Å²) in [6.07, 6.45) is -10.2. The van der Waals surface area contributed by atoms with E-state index in [1.54, 1.807) is 0 Å². The molecule has 4 aromatic rings. The van der Waals surface area contributed by atoms with Crippen molar-refractivity contribution < 1.29 is 50.2 Å². The molecule has 0 spiro atoms. The van der Waals surface area contributed by atoms with Crippen LogP contribution in [0.3, 0.4) is 0 Å². The van der Waals surface area contributed by atoms with E-state index < -0.39 is 53.0 Å². The molecule has 0 bridgehead atoms. The number of methoxy groups -OCH3 is 1. The third-order valence-corrected chi connectivity index (χ3v) is 6.52. The molecule has 0 aromatic heterocycles. The first-order valence-corrected chi connectivity index (χ1v) is 12.5. The minimum absolute atomic E-state index is 0.0364. The number of carbonyl (C=O) groups is 2. The summed E-state index contributed by atoms with van der Waals surface area (Å²) in [5, 5.41) is 12.8. The Balaban J connectivity index is 1.57. The number of hydrogen-bond acceptors (Lipinski definition) is 4. The monoisotopic (exact) mass is 605 g/mol. The second-order valence-corrected chi connectivity index (χ2v) is 9.48. The minimum atomic E-state index is -5.01. The Morgan fingerprint density at radius 2 is 1.26 bits per heavy atom. The van der Waals surface area contributed by atoms with Crippen molar-refractivity contribution in [2.24, 2.45) is 0 Å². The van der Waals surface area contributed by atoms with Gasteiger partial charge in [-0.05, 0) is 70.3 Å². The number of amides is 1. The van der Waals surface area contributed by atoms with Crippen molar-refractivity contribution >= 4 is 11.9 Å². The van der Waals surface area contributed by atoms with E-state index in [4.69, 9.17) is 4.74 Å². The van der Waals surface area contributed by atoms with Crippen molar-refractivity contribution in [2.75, 3.05) is 7.11 Å². The molecule has 0 unspecified atom stereocenters. The minimum Gasteiger partial charge on any atom is -0.507 e. The van der Waals surface area contributed by atoms with Crippen LogP contribution < -0.4 is 5.32 Å². The van der Waals surface area contributed by atoms with E-state index in [-0.39, 0.29) is 29.2 Å². The number of phenols is 1. The van der Waals surface area contributed by atoms with E-state index in [0.29, 0.717) is 28.8 Å². The topological polar surface area (TPSA) is 75.6 Å². The fourth-order valence-corrected chi connectivity index (χ4v) is 4.30. The van der Waals surface area contributed by atoms with Crippen LogP contribution in [0, 0.1) is 5.82 Å². The van der Waals surface area contributed by atoms with E-state index in [2.05, 4.69) is 5.32 Å². The fraction of sp³-hybridized carbons (Fsp3) is 0.161. The van der Waals surface area contributed by atoms with Crippen molar-refractivity contribution in [1.82, 2.24) is 5.32 Å². The van der Waals surface area contributed by atoms with E-state index >= 15 is 0 Å². The zero-order valence-electron chi connectivity index (χ0n) is 22.2. The zero-order chi connectivity index (χ0) is 31.5. The Morgan fingerprint density at radius 3 is 1.79 bits per heavy atom. The van der Waals surface area contributed by atoms with Crippen molar-refractivity contribution in [3.05, 3.63) is 113 Å². The normalized spacial score (nSPS) is 12.5. The highest BCUT2D eigenvalue weighted by Crippen LogP contribution is 2.38. The predicted molar refractivity (Wildman–Crippen MR) is 142 cm³/mol. The molecular formula is C31H22F7NO4. The number of aromatic hydroxyl groups is 1. The smallest absolute Gasteiger partial charge is 0.416 e. The van der Waals surface area contributed by atoms with Gasteiger partial charge in [-0.1, -0.05) is 42.5 Å². The molecule has 0 saturated carbocycles. The molecule has 224 valence electrons. The van der Waals surface area contributed by atoms with Crippen LogP contribution in [0.15, 0.2) is 84.9 Å². The lowest BCUT2D eigenvalue weighted by Crippen LogP contribution is -2.43. The molecule has 5 nitrogen and oxygen atoms in total. The van der Waals surface area contributed by atoms with Gasteiger partial charge in [0.1, 0.15) is 17.6 Å². The van der Waals surface area contributed by atoms with Crippen LogP contribution in [-0.4, -0.2) is 30.1 Å². The van der Waals surface area contributed by atoms with Crippen molar-refractivity contribution in [3.8, 4) is 28.0 Å². The number of halogens is 7. The van der Waals surface area contributed by atoms with Gasteiger partial charge in [0.05, 0.1) is 23.8 Å². The zero-order valence-corrected chi connectivity index (χ0v) is 22.2. The van der Waals surface area contributed by atoms with Crippen LogP contribution in [0.4, 0.5) is 30.7 Å². The van der Waals surface area contributed by atoms with Gasteiger partial charge < -0.3 is 15.2 Å². The van der Waals surface area contributed by atoms with Gasteiger partial charge in [-0.2, -0.15) is 26.3 Å². The maximum absolute atomic E-state index is 13.3. The predicted octanol–water partition coefficient (Wildman–Crippen LogP) is 7.42. The van der Waals surface area contributed by atoms with E-state index in [0.717, 1.165) is 7.11 Å². The van der Waals surface area contributed by atoms with Crippen LogP contribution in [0.1, 0.15) is 27.0 Å². The van der Waals surface area contributed by atoms with Crippen molar-refractivity contribution in [2.45, 2.75) is 24.8 Å². The van der Waals surface area contributed by atoms with Crippen LogP contribution in [0.25, 0.3) is 22.3 Å². The van der Waals surface area contributed by atoms with Gasteiger partial charge in [0.15, 0.2) is 0 Å². The molecule has 0 aliphatic rings. The number of esters is 1. The number of rotatable bonds is 7. The highest BCUT2D eigenvalue weighted by Gasteiger charge is 2.37. The molecule has 0 radical (unpaired) electrons. The van der Waals surface area contributed by atoms with E-state index in [1.807, 2.05) is 0 Å². The number of carbonyl (C=O) groups excluding carboxylic acids is 2. The first-order valence-electron chi connectivity index (χ1n) is 12.5. The Kier molecular flexibility index (Phi) is 8.79. The molecule has 0 aliphatic carbocycles. The number of hydrogen-bond donors (Lipinski definition) is 2. The summed E-state index contributed by atoms with van der Waals surface area (Å²) in [6.45, 7) is 0. The maximum Gasteiger partial charge on any atom is 0.416 e. The second-order valence-electron chi connectivity index (χ2n) is 9.48. The Morgan fingerprint density at radius 1 is 0.744 bits per heavy atom. The second kappa shape index (κ2) is 12.2. The lowest BCUT2D eigenvalue weighted by atomic mass is 9.97. The molecule has 0 aliphatic heterocycles. The SMILES string of the molecule is COC(=O)[C@H](Cc1ccc(-c2cc(C(F)(F)F)cc(C(F)(F)F)c2)cc1)NC(=O)c1cc(-c2ccc(F)cc2)ccc1O. The van der Waals surface area contributed by atoms with Crippen LogP contribution >= 0.6 is 0 Å². The Bertz CT molecular complexity index is 1600. The van der Waals surface area contributed by atoms with Crippen LogP contribution in [-0.2, 0) is 28.3 Å². The van der Waals surface area contributed by atoms with Gasteiger partial charge in [0.25, 0.3) is 5.91 Å². The largest absolute Gasteiger partial charge is 0.507 e. The quantitative estimate of drug-likeness (QED) is 0.170. The van der Waals surface area contributed by atoms with Gasteiger partial charge in [-0.25, -0.2) is 9.18 Å². The molecule has 4 aromatic carbocycles. The van der Waals surface area contributed by atoms with Crippen LogP contribution in [0.5, 0.6) is 5.75 Å². The molecule has 4 rings (SSSR count). The van der Waals surface area contributed by atoms with E-state index in [1.165, 1.54) is 66.7 Å². The number of alkyl halides is 6. The number of benzene rings is 4. The summed E-state index contributed by atoms with van der Waals surface area (Å²) in [6, 6.07) is 14.9. The maximum atomic E-state index is 13.3. The fourth-order valence-electron chi connectivity index (χ4n) is 4.30. The van der Waals surface area contributed by atoms with E-state index in [9.17, 15) is 45.4 Å². The molecule has 1 atom stereocenters. The van der Waals surface area contributed by atoms with Gasteiger partial charge >= 0.3 is 18.3 Å². The third kappa shape index (κ3) is 7.51. The highest BCUT2D eigenvalue weighted by molar-refractivity contribution is 6.00. The summed E-state index contributed by atoms with van der Waals surface area (Å²) in [5.74, 6) is -2.54. The summed E-state index contributed by atoms with van der Waals surface area (Å²) in [7, 11) is 1.09. The highest BCUT2D eigenvalue weighted by atomic mass is 19.4. The number of nitrogens with one attached hydrogen (secondary N) is 1. The Labute approximate surface area is 240 Å². The van der Waals surface area contributed by atoms with Gasteiger partial charge in [-0.15, -0.1) is 0 Å². The Hall–Kier alpha value is -4.87. The van der Waals surface area contributed by atoms with Gasteiger partial charge in [0.2, 0.25) is 0 Å². The molecule has 43 heavy (non-hydrogen) atoms. The number of ether oxygens (including phenoxy) is 1. The van der Waals surface area contributed by atoms with Gasteiger partial charge in [-0.3, -0.25) is 4.79 Å². The van der Waals surface area contributed by atoms with Crippen LogP contribution in [0.2, 0.25) is 0 Å². The van der Waals surface area contributed by atoms with Gasteiger partial charge in [0, 0.05) is 6.42 Å². The van der Waals surface area contributed by atoms with Crippen molar-refractivity contribution in [3.63, 3.8) is 0 Å². The molecule has 0 saturated heterocycles.